The van der Waals surface area contributed by atoms with E-state index in [1.807, 2.05) is 42.5 Å². The third kappa shape index (κ3) is 7.56. The first-order chi connectivity index (χ1) is 12.8. The number of pyridine rings is 1. The van der Waals surface area contributed by atoms with Crippen molar-refractivity contribution in [1.29, 1.82) is 0 Å². The molecule has 3 aromatic rings. The zero-order valence-electron chi connectivity index (χ0n) is 14.9. The molecule has 0 spiro atoms. The van der Waals surface area contributed by atoms with Crippen LogP contribution in [0.15, 0.2) is 71.2 Å². The Morgan fingerprint density at radius 2 is 1.96 bits per heavy atom. The zero-order valence-corrected chi connectivity index (χ0v) is 18.0. The molecular formula is C20H23IN4OS. The number of rotatable bonds is 8. The van der Waals surface area contributed by atoms with Gasteiger partial charge in [-0.25, -0.2) is 4.99 Å². The fourth-order valence-corrected chi connectivity index (χ4v) is 3.04. The molecule has 0 radical (unpaired) electrons. The normalized spacial score (nSPS) is 10.9. The van der Waals surface area contributed by atoms with Crippen molar-refractivity contribution in [3.63, 3.8) is 0 Å². The lowest BCUT2D eigenvalue weighted by atomic mass is 10.2. The van der Waals surface area contributed by atoms with Crippen LogP contribution in [0.4, 0.5) is 0 Å². The van der Waals surface area contributed by atoms with Crippen LogP contribution in [0.2, 0.25) is 0 Å². The van der Waals surface area contributed by atoms with Crippen molar-refractivity contribution >= 4 is 41.3 Å². The molecule has 2 aromatic heterocycles. The van der Waals surface area contributed by atoms with E-state index in [0.29, 0.717) is 19.1 Å². The summed E-state index contributed by atoms with van der Waals surface area (Å²) >= 11 is 1.75. The van der Waals surface area contributed by atoms with Crippen LogP contribution in [0.1, 0.15) is 16.1 Å². The molecule has 142 valence electrons. The Bertz CT molecular complexity index is 808. The van der Waals surface area contributed by atoms with Crippen LogP contribution in [0.3, 0.4) is 0 Å². The van der Waals surface area contributed by atoms with Crippen molar-refractivity contribution in [2.24, 2.45) is 10.7 Å². The predicted octanol–water partition coefficient (Wildman–Crippen LogP) is 3.99. The summed E-state index contributed by atoms with van der Waals surface area (Å²) in [4.78, 5) is 9.95. The summed E-state index contributed by atoms with van der Waals surface area (Å²) in [6, 6.07) is 17.8. The van der Waals surface area contributed by atoms with Gasteiger partial charge in [0.25, 0.3) is 0 Å². The largest absolute Gasteiger partial charge is 0.487 e. The third-order valence-corrected chi connectivity index (χ3v) is 4.66. The fourth-order valence-electron chi connectivity index (χ4n) is 2.33. The minimum Gasteiger partial charge on any atom is -0.487 e. The lowest BCUT2D eigenvalue weighted by Gasteiger charge is -2.07. The number of aromatic nitrogens is 1. The van der Waals surface area contributed by atoms with E-state index >= 15 is 0 Å². The zero-order chi connectivity index (χ0) is 18.0. The van der Waals surface area contributed by atoms with Crippen LogP contribution >= 0.6 is 35.3 Å². The van der Waals surface area contributed by atoms with Gasteiger partial charge in [-0.3, -0.25) is 4.98 Å². The Balaban J connectivity index is 0.00000261. The maximum Gasteiger partial charge on any atom is 0.188 e. The molecule has 3 N–H and O–H groups in total. The molecule has 0 aliphatic rings. The lowest BCUT2D eigenvalue weighted by Crippen LogP contribution is -2.33. The van der Waals surface area contributed by atoms with E-state index in [1.54, 1.807) is 17.5 Å². The van der Waals surface area contributed by atoms with E-state index in [-0.39, 0.29) is 24.0 Å². The van der Waals surface area contributed by atoms with Gasteiger partial charge in [-0.2, -0.15) is 0 Å². The topological polar surface area (TPSA) is 72.5 Å². The Kier molecular flexibility index (Phi) is 9.06. The van der Waals surface area contributed by atoms with Crippen molar-refractivity contribution in [3.8, 4) is 5.75 Å². The molecule has 0 aliphatic carbocycles. The molecule has 0 bridgehead atoms. The van der Waals surface area contributed by atoms with Gasteiger partial charge >= 0.3 is 0 Å². The fraction of sp³-hybridized carbons (Fsp3) is 0.200. The average Bonchev–Trinajstić information content (AvgIpc) is 3.20. The first kappa shape index (κ1) is 21.2. The molecular weight excluding hydrogens is 471 g/mol. The quantitative estimate of drug-likeness (QED) is 0.282. The van der Waals surface area contributed by atoms with Crippen molar-refractivity contribution in [3.05, 3.63) is 82.3 Å². The number of aliphatic imine (C=N–C) groups is 1. The summed E-state index contributed by atoms with van der Waals surface area (Å²) < 4.78 is 5.73. The van der Waals surface area contributed by atoms with Crippen molar-refractivity contribution in [2.75, 3.05) is 6.54 Å². The van der Waals surface area contributed by atoms with Gasteiger partial charge in [0.2, 0.25) is 0 Å². The number of thiophene rings is 1. The minimum absolute atomic E-state index is 0. The molecule has 0 saturated carbocycles. The number of ether oxygens (including phenoxy) is 1. The van der Waals surface area contributed by atoms with Crippen LogP contribution < -0.4 is 15.8 Å². The molecule has 27 heavy (non-hydrogen) atoms. The number of benzene rings is 1. The van der Waals surface area contributed by atoms with Crippen LogP contribution in [-0.4, -0.2) is 17.5 Å². The summed E-state index contributed by atoms with van der Waals surface area (Å²) in [5.74, 6) is 1.28. The highest BCUT2D eigenvalue weighted by atomic mass is 127. The molecule has 7 heteroatoms. The number of nitrogens with one attached hydrogen (secondary N) is 1. The molecule has 5 nitrogen and oxygen atoms in total. The lowest BCUT2D eigenvalue weighted by molar-refractivity contribution is 0.301. The van der Waals surface area contributed by atoms with Gasteiger partial charge in [-0.1, -0.05) is 24.3 Å². The Hall–Kier alpha value is -2.13. The Morgan fingerprint density at radius 1 is 1.11 bits per heavy atom. The molecule has 0 fully saturated rings. The van der Waals surface area contributed by atoms with Gasteiger partial charge in [0.15, 0.2) is 5.96 Å². The second kappa shape index (κ2) is 11.6. The standard InChI is InChI=1S/C20H22N4OS.HI/c21-20(23-12-10-19-5-3-13-26-19)24-14-16-6-8-18(9-7-16)25-15-17-4-1-2-11-22-17;/h1-9,11,13H,10,12,14-15H2,(H3,21,23,24);1H. The summed E-state index contributed by atoms with van der Waals surface area (Å²) in [6.07, 6.45) is 2.72. The molecule has 2 heterocycles. The Labute approximate surface area is 180 Å². The van der Waals surface area contributed by atoms with Gasteiger partial charge in [-0.15, -0.1) is 35.3 Å². The second-order valence-corrected chi connectivity index (χ2v) is 6.74. The van der Waals surface area contributed by atoms with E-state index in [2.05, 4.69) is 32.8 Å². The maximum absolute atomic E-state index is 5.91. The van der Waals surface area contributed by atoms with Crippen LogP contribution in [0, 0.1) is 0 Å². The summed E-state index contributed by atoms with van der Waals surface area (Å²) in [6.45, 7) is 1.79. The van der Waals surface area contributed by atoms with Crippen LogP contribution in [0.5, 0.6) is 5.75 Å². The second-order valence-electron chi connectivity index (χ2n) is 5.71. The number of guanidine groups is 1. The van der Waals surface area contributed by atoms with E-state index in [1.165, 1.54) is 4.88 Å². The van der Waals surface area contributed by atoms with E-state index in [0.717, 1.165) is 30.0 Å². The van der Waals surface area contributed by atoms with Crippen LogP contribution in [0.25, 0.3) is 0 Å². The SMILES string of the molecule is I.NC(=NCc1ccc(OCc2ccccn2)cc1)NCCc1cccs1. The van der Waals surface area contributed by atoms with Gasteiger partial charge in [0.05, 0.1) is 12.2 Å². The number of nitrogens with zero attached hydrogens (tertiary/aromatic N) is 2. The molecule has 0 saturated heterocycles. The van der Waals surface area contributed by atoms with Gasteiger partial charge in [0.1, 0.15) is 12.4 Å². The van der Waals surface area contributed by atoms with Gasteiger partial charge in [-0.05, 0) is 47.7 Å². The minimum atomic E-state index is 0. The first-order valence-electron chi connectivity index (χ1n) is 8.47. The summed E-state index contributed by atoms with van der Waals surface area (Å²) in [5.41, 5.74) is 7.90. The maximum atomic E-state index is 5.91. The molecule has 1 aromatic carbocycles. The van der Waals surface area contributed by atoms with Crippen LogP contribution in [-0.2, 0) is 19.6 Å². The highest BCUT2D eigenvalue weighted by molar-refractivity contribution is 14.0. The highest BCUT2D eigenvalue weighted by Crippen LogP contribution is 2.14. The monoisotopic (exact) mass is 494 g/mol. The number of nitrogens with two attached hydrogens (primary N) is 1. The van der Waals surface area contributed by atoms with Gasteiger partial charge < -0.3 is 15.8 Å². The predicted molar refractivity (Wildman–Crippen MR) is 122 cm³/mol. The van der Waals surface area contributed by atoms with Crippen molar-refractivity contribution < 1.29 is 4.74 Å². The Morgan fingerprint density at radius 3 is 2.67 bits per heavy atom. The molecule has 0 atom stereocenters. The third-order valence-electron chi connectivity index (χ3n) is 3.73. The molecule has 3 rings (SSSR count). The molecule has 0 unspecified atom stereocenters. The number of halogens is 1. The van der Waals surface area contributed by atoms with Gasteiger partial charge in [0, 0.05) is 17.6 Å². The van der Waals surface area contributed by atoms with Crippen molar-refractivity contribution in [1.82, 2.24) is 10.3 Å². The smallest absolute Gasteiger partial charge is 0.188 e. The van der Waals surface area contributed by atoms with E-state index in [9.17, 15) is 0 Å². The summed E-state index contributed by atoms with van der Waals surface area (Å²) in [5, 5.41) is 5.22. The highest BCUT2D eigenvalue weighted by Gasteiger charge is 1.99. The average molecular weight is 494 g/mol. The summed E-state index contributed by atoms with van der Waals surface area (Å²) in [7, 11) is 0. The number of hydrogen-bond donors (Lipinski definition) is 2. The van der Waals surface area contributed by atoms with E-state index < -0.39 is 0 Å². The van der Waals surface area contributed by atoms with Crippen molar-refractivity contribution in [2.45, 2.75) is 19.6 Å². The van der Waals surface area contributed by atoms with E-state index in [4.69, 9.17) is 10.5 Å². The molecule has 0 aliphatic heterocycles. The first-order valence-corrected chi connectivity index (χ1v) is 9.35. The number of hydrogen-bond acceptors (Lipinski definition) is 4. The molecule has 0 amide bonds.